The lowest BCUT2D eigenvalue weighted by atomic mass is 10.2. The van der Waals surface area contributed by atoms with Crippen LogP contribution in [0.5, 0.6) is 0 Å². The lowest BCUT2D eigenvalue weighted by Gasteiger charge is -2.01. The van der Waals surface area contributed by atoms with E-state index < -0.39 is 11.1 Å². The summed E-state index contributed by atoms with van der Waals surface area (Å²) in [5.74, 6) is -0.332. The minimum absolute atomic E-state index is 0.332. The van der Waals surface area contributed by atoms with Crippen molar-refractivity contribution in [3.63, 3.8) is 0 Å². The maximum absolute atomic E-state index is 10.4. The zero-order chi connectivity index (χ0) is 11.0. The fourth-order valence-electron chi connectivity index (χ4n) is 1.02. The Balaban J connectivity index is 3.86. The summed E-state index contributed by atoms with van der Waals surface area (Å²) in [5, 5.41) is 10.4. The molecule has 0 unspecified atom stereocenters. The molecule has 0 radical (unpaired) electrons. The van der Waals surface area contributed by atoms with Crippen LogP contribution in [0, 0.1) is 10.1 Å². The van der Waals surface area contributed by atoms with E-state index in [1.165, 1.54) is 0 Å². The number of unbranched alkanes of at least 4 members (excludes halogenated alkanes) is 3. The second-order valence-electron chi connectivity index (χ2n) is 3.08. The maximum atomic E-state index is 10.4. The predicted molar refractivity (Wildman–Crippen MR) is 55.6 cm³/mol. The molecule has 6 nitrogen and oxygen atoms in total. The Morgan fingerprint density at radius 1 is 1.43 bits per heavy atom. The first-order valence-corrected chi connectivity index (χ1v) is 4.79. The fourth-order valence-corrected chi connectivity index (χ4v) is 1.02. The van der Waals surface area contributed by atoms with E-state index in [9.17, 15) is 10.1 Å². The second kappa shape index (κ2) is 7.40. The minimum atomic E-state index is -1.09. The van der Waals surface area contributed by atoms with Crippen LogP contribution in [0.3, 0.4) is 0 Å². The average Bonchev–Trinajstić information content (AvgIpc) is 2.09. The zero-order valence-electron chi connectivity index (χ0n) is 8.48. The number of aliphatic imine (C=N–C) groups is 1. The summed E-state index contributed by atoms with van der Waals surface area (Å²) in [6.07, 6.45) is 3.04. The van der Waals surface area contributed by atoms with Gasteiger partial charge < -0.3 is 21.6 Å². The molecule has 0 aliphatic rings. The van der Waals surface area contributed by atoms with Crippen molar-refractivity contribution in [1.29, 1.82) is 0 Å². The SMILES string of the molecule is CCCCCCN=C(C(N)N)[N+](=O)[O-]. The third kappa shape index (κ3) is 5.60. The Labute approximate surface area is 83.5 Å². The molecule has 82 valence electrons. The van der Waals surface area contributed by atoms with Crippen LogP contribution in [-0.4, -0.2) is 23.5 Å². The van der Waals surface area contributed by atoms with Gasteiger partial charge in [0.1, 0.15) is 6.54 Å². The quantitative estimate of drug-likeness (QED) is 0.163. The number of hydrogen-bond donors (Lipinski definition) is 2. The van der Waals surface area contributed by atoms with E-state index in [4.69, 9.17) is 11.5 Å². The third-order valence-corrected chi connectivity index (χ3v) is 1.77. The van der Waals surface area contributed by atoms with Gasteiger partial charge in [0.15, 0.2) is 6.17 Å². The summed E-state index contributed by atoms with van der Waals surface area (Å²) in [6, 6.07) is 0. The van der Waals surface area contributed by atoms with E-state index in [-0.39, 0.29) is 5.84 Å². The highest BCUT2D eigenvalue weighted by molar-refractivity contribution is 5.78. The first-order chi connectivity index (χ1) is 6.59. The fraction of sp³-hybridized carbons (Fsp3) is 0.875. The molecule has 4 N–H and O–H groups in total. The van der Waals surface area contributed by atoms with Crippen molar-refractivity contribution >= 4 is 5.84 Å². The molecule has 0 atom stereocenters. The molecule has 0 aliphatic carbocycles. The summed E-state index contributed by atoms with van der Waals surface area (Å²) < 4.78 is 0. The number of nitrogens with two attached hydrogens (primary N) is 2. The Morgan fingerprint density at radius 3 is 2.50 bits per heavy atom. The van der Waals surface area contributed by atoms with Gasteiger partial charge in [0.2, 0.25) is 0 Å². The summed E-state index contributed by atoms with van der Waals surface area (Å²) in [5.41, 5.74) is 10.4. The van der Waals surface area contributed by atoms with Crippen molar-refractivity contribution in [2.75, 3.05) is 6.54 Å². The van der Waals surface area contributed by atoms with Crippen molar-refractivity contribution in [2.45, 2.75) is 38.8 Å². The van der Waals surface area contributed by atoms with Gasteiger partial charge in [-0.1, -0.05) is 24.8 Å². The summed E-state index contributed by atoms with van der Waals surface area (Å²) in [7, 11) is 0. The highest BCUT2D eigenvalue weighted by Crippen LogP contribution is 1.99. The van der Waals surface area contributed by atoms with Crippen molar-refractivity contribution < 1.29 is 4.92 Å². The monoisotopic (exact) mass is 202 g/mol. The summed E-state index contributed by atoms with van der Waals surface area (Å²) in [6.45, 7) is 2.53. The van der Waals surface area contributed by atoms with Crippen LogP contribution in [0.1, 0.15) is 32.6 Å². The molecule has 0 aromatic carbocycles. The molecule has 0 amide bonds. The number of rotatable bonds is 6. The van der Waals surface area contributed by atoms with Gasteiger partial charge in [0.05, 0.1) is 0 Å². The average molecular weight is 202 g/mol. The molecule has 0 saturated heterocycles. The molecule has 6 heteroatoms. The van der Waals surface area contributed by atoms with E-state index in [2.05, 4.69) is 11.9 Å². The highest BCUT2D eigenvalue weighted by atomic mass is 16.6. The van der Waals surface area contributed by atoms with E-state index >= 15 is 0 Å². The molecular weight excluding hydrogens is 184 g/mol. The van der Waals surface area contributed by atoms with Crippen LogP contribution < -0.4 is 11.5 Å². The van der Waals surface area contributed by atoms with Crippen LogP contribution in [0.4, 0.5) is 0 Å². The van der Waals surface area contributed by atoms with Gasteiger partial charge in [0.25, 0.3) is 0 Å². The molecule has 0 fully saturated rings. The number of nitrogens with zero attached hydrogens (tertiary/aromatic N) is 2. The summed E-state index contributed by atoms with van der Waals surface area (Å²) in [4.78, 5) is 13.5. The largest absolute Gasteiger partial charge is 0.364 e. The van der Waals surface area contributed by atoms with Gasteiger partial charge in [-0.15, -0.1) is 0 Å². The summed E-state index contributed by atoms with van der Waals surface area (Å²) >= 11 is 0. The molecule has 0 rings (SSSR count). The molecule has 0 aromatic heterocycles. The van der Waals surface area contributed by atoms with Crippen LogP contribution in [0.15, 0.2) is 4.99 Å². The lowest BCUT2D eigenvalue weighted by Crippen LogP contribution is -2.43. The van der Waals surface area contributed by atoms with Crippen molar-refractivity contribution in [2.24, 2.45) is 16.5 Å². The van der Waals surface area contributed by atoms with Gasteiger partial charge in [-0.2, -0.15) is 0 Å². The smallest absolute Gasteiger partial charge is 0.358 e. The van der Waals surface area contributed by atoms with Gasteiger partial charge in [0, 0.05) is 0 Å². The molecule has 0 spiro atoms. The van der Waals surface area contributed by atoms with E-state index in [0.717, 1.165) is 25.7 Å². The lowest BCUT2D eigenvalue weighted by molar-refractivity contribution is -0.354. The second-order valence-corrected chi connectivity index (χ2v) is 3.08. The Morgan fingerprint density at radius 2 is 2.07 bits per heavy atom. The first kappa shape index (κ1) is 13.0. The molecule has 0 bridgehead atoms. The number of amidine groups is 1. The molecule has 0 aliphatic heterocycles. The standard InChI is InChI=1S/C8H18N4O2/c1-2-3-4-5-6-11-8(7(9)10)12(13)14/h7H,2-6,9-10H2,1H3. The zero-order valence-corrected chi connectivity index (χ0v) is 8.48. The van der Waals surface area contributed by atoms with Gasteiger partial charge in [-0.05, 0) is 17.8 Å². The first-order valence-electron chi connectivity index (χ1n) is 4.79. The molecule has 0 heterocycles. The van der Waals surface area contributed by atoms with E-state index in [1.807, 2.05) is 0 Å². The van der Waals surface area contributed by atoms with Crippen molar-refractivity contribution in [1.82, 2.24) is 0 Å². The normalized spacial score (nSPS) is 12.1. The molecule has 0 saturated carbocycles. The van der Waals surface area contributed by atoms with Crippen molar-refractivity contribution in [3.05, 3.63) is 10.1 Å². The predicted octanol–water partition coefficient (Wildman–Crippen LogP) is 0.485. The van der Waals surface area contributed by atoms with Crippen LogP contribution >= 0.6 is 0 Å². The van der Waals surface area contributed by atoms with Crippen LogP contribution in [0.2, 0.25) is 0 Å². The van der Waals surface area contributed by atoms with E-state index in [1.54, 1.807) is 0 Å². The highest BCUT2D eigenvalue weighted by Gasteiger charge is 2.17. The van der Waals surface area contributed by atoms with E-state index in [0.29, 0.717) is 6.54 Å². The minimum Gasteiger partial charge on any atom is -0.358 e. The number of nitro groups is 1. The maximum Gasteiger partial charge on any atom is 0.364 e. The molecule has 14 heavy (non-hydrogen) atoms. The third-order valence-electron chi connectivity index (χ3n) is 1.77. The molecule has 0 aromatic rings. The molecular formula is C8H18N4O2. The Hall–Kier alpha value is -1.01. The van der Waals surface area contributed by atoms with Crippen LogP contribution in [0.25, 0.3) is 0 Å². The van der Waals surface area contributed by atoms with Gasteiger partial charge in [-0.25, -0.2) is 0 Å². The van der Waals surface area contributed by atoms with Gasteiger partial charge in [-0.3, -0.25) is 0 Å². The van der Waals surface area contributed by atoms with Crippen LogP contribution in [-0.2, 0) is 0 Å². The topological polar surface area (TPSA) is 108 Å². The van der Waals surface area contributed by atoms with Crippen molar-refractivity contribution in [3.8, 4) is 0 Å². The number of hydrogen-bond acceptors (Lipinski definition) is 5. The Bertz CT molecular complexity index is 204. The Kier molecular flexibility index (Phi) is 6.87. The van der Waals surface area contributed by atoms with Gasteiger partial charge >= 0.3 is 5.84 Å².